The summed E-state index contributed by atoms with van der Waals surface area (Å²) in [6.45, 7) is -1.37. The summed E-state index contributed by atoms with van der Waals surface area (Å²) in [7, 11) is 0. The number of rotatable bonds is 6. The number of carbonyl (C=O) groups is 1. The summed E-state index contributed by atoms with van der Waals surface area (Å²) >= 11 is 0. The maximum Gasteiger partial charge on any atom is 0.401 e. The molecule has 98 valence electrons. The van der Waals surface area contributed by atoms with Crippen LogP contribution in [0.5, 0.6) is 0 Å². The maximum absolute atomic E-state index is 11.9. The fraction of sp³-hybridized carbons (Fsp3) is 0.909. The Bertz CT molecular complexity index is 273. The van der Waals surface area contributed by atoms with Crippen molar-refractivity contribution in [3.63, 3.8) is 0 Å². The minimum absolute atomic E-state index is 0.204. The Morgan fingerprint density at radius 1 is 1.18 bits per heavy atom. The van der Waals surface area contributed by atoms with E-state index >= 15 is 0 Å². The molecule has 0 saturated heterocycles. The van der Waals surface area contributed by atoms with Crippen LogP contribution in [0, 0.1) is 11.8 Å². The average Bonchev–Trinajstić information content (AvgIpc) is 3.05. The molecule has 0 aliphatic heterocycles. The van der Waals surface area contributed by atoms with E-state index in [1.165, 1.54) is 0 Å². The van der Waals surface area contributed by atoms with Gasteiger partial charge in [-0.15, -0.1) is 0 Å². The minimum Gasteiger partial charge on any atom is -0.352 e. The van der Waals surface area contributed by atoms with E-state index in [2.05, 4.69) is 10.6 Å². The first-order valence-corrected chi connectivity index (χ1v) is 6.02. The molecule has 0 aromatic heterocycles. The van der Waals surface area contributed by atoms with E-state index in [4.69, 9.17) is 0 Å². The highest BCUT2D eigenvalue weighted by atomic mass is 19.4. The molecule has 0 radical (unpaired) electrons. The van der Waals surface area contributed by atoms with Crippen LogP contribution in [0.2, 0.25) is 0 Å². The van der Waals surface area contributed by atoms with Gasteiger partial charge in [-0.05, 0) is 37.5 Å². The van der Waals surface area contributed by atoms with Gasteiger partial charge >= 0.3 is 6.18 Å². The van der Waals surface area contributed by atoms with E-state index in [1.807, 2.05) is 0 Å². The number of hydrogen-bond acceptors (Lipinski definition) is 2. The van der Waals surface area contributed by atoms with Crippen LogP contribution in [0.15, 0.2) is 0 Å². The molecule has 2 aliphatic carbocycles. The van der Waals surface area contributed by atoms with Crippen LogP contribution in [0.25, 0.3) is 0 Å². The predicted molar refractivity (Wildman–Crippen MR) is 56.3 cm³/mol. The molecule has 0 aromatic carbocycles. The third kappa shape index (κ3) is 4.53. The molecule has 2 aliphatic rings. The second-order valence-corrected chi connectivity index (χ2v) is 4.99. The Morgan fingerprint density at radius 3 is 2.12 bits per heavy atom. The lowest BCUT2D eigenvalue weighted by molar-refractivity contribution is -0.128. The average molecular weight is 250 g/mol. The van der Waals surface area contributed by atoms with E-state index in [0.717, 1.165) is 25.7 Å². The lowest BCUT2D eigenvalue weighted by Gasteiger charge is -2.18. The maximum atomic E-state index is 11.9. The van der Waals surface area contributed by atoms with E-state index < -0.39 is 12.7 Å². The van der Waals surface area contributed by atoms with Crippen molar-refractivity contribution < 1.29 is 18.0 Å². The summed E-state index contributed by atoms with van der Waals surface area (Å²) in [5, 5.41) is 4.97. The summed E-state index contributed by atoms with van der Waals surface area (Å²) in [4.78, 5) is 11.5. The second kappa shape index (κ2) is 4.84. The Morgan fingerprint density at radius 2 is 1.71 bits per heavy atom. The lowest BCUT2D eigenvalue weighted by atomic mass is 10.1. The van der Waals surface area contributed by atoms with Crippen LogP contribution in [-0.4, -0.2) is 31.2 Å². The smallest absolute Gasteiger partial charge is 0.352 e. The molecule has 0 spiro atoms. The van der Waals surface area contributed by atoms with Crippen molar-refractivity contribution in [1.82, 2.24) is 10.6 Å². The molecule has 17 heavy (non-hydrogen) atoms. The van der Waals surface area contributed by atoms with Crippen molar-refractivity contribution in [2.45, 2.75) is 37.9 Å². The molecule has 1 amide bonds. The molecule has 2 fully saturated rings. The number of halogens is 3. The predicted octanol–water partition coefficient (Wildman–Crippen LogP) is 1.44. The highest BCUT2D eigenvalue weighted by Crippen LogP contribution is 2.44. The Labute approximate surface area is 98.1 Å². The summed E-state index contributed by atoms with van der Waals surface area (Å²) in [5.74, 6) is 0.807. The standard InChI is InChI=1S/C11H17F3N2O/c12-11(13,14)6-15-5-9(17)16-10(7-1-2-7)8-3-4-8/h7-8,10,15H,1-6H2,(H,16,17). The van der Waals surface area contributed by atoms with Gasteiger partial charge in [-0.3, -0.25) is 4.79 Å². The topological polar surface area (TPSA) is 41.1 Å². The lowest BCUT2D eigenvalue weighted by Crippen LogP contribution is -2.44. The molecule has 2 rings (SSSR count). The Kier molecular flexibility index (Phi) is 3.61. The third-order valence-corrected chi connectivity index (χ3v) is 3.20. The summed E-state index contributed by atoms with van der Waals surface area (Å²) < 4.78 is 35.6. The SMILES string of the molecule is O=C(CNCC(F)(F)F)NC(C1CC1)C1CC1. The summed E-state index contributed by atoms with van der Waals surface area (Å²) in [6.07, 6.45) is 0.288. The minimum atomic E-state index is -4.26. The Balaban J connectivity index is 1.65. The van der Waals surface area contributed by atoms with Crippen molar-refractivity contribution in [1.29, 1.82) is 0 Å². The number of alkyl halides is 3. The van der Waals surface area contributed by atoms with Gasteiger partial charge in [0, 0.05) is 6.04 Å². The number of hydrogen-bond donors (Lipinski definition) is 2. The van der Waals surface area contributed by atoms with Gasteiger partial charge < -0.3 is 10.6 Å². The van der Waals surface area contributed by atoms with Crippen LogP contribution in [-0.2, 0) is 4.79 Å². The monoisotopic (exact) mass is 250 g/mol. The van der Waals surface area contributed by atoms with Crippen LogP contribution in [0.4, 0.5) is 13.2 Å². The second-order valence-electron chi connectivity index (χ2n) is 4.99. The van der Waals surface area contributed by atoms with Crippen LogP contribution >= 0.6 is 0 Å². The highest BCUT2D eigenvalue weighted by molar-refractivity contribution is 5.78. The molecule has 2 N–H and O–H groups in total. The zero-order valence-electron chi connectivity index (χ0n) is 9.52. The largest absolute Gasteiger partial charge is 0.401 e. The summed E-state index contributed by atoms with van der Waals surface area (Å²) in [5.41, 5.74) is 0. The van der Waals surface area contributed by atoms with Gasteiger partial charge in [0.1, 0.15) is 0 Å². The molecule has 0 aromatic rings. The van der Waals surface area contributed by atoms with Crippen molar-refractivity contribution in [2.75, 3.05) is 13.1 Å². The molecule has 6 heteroatoms. The van der Waals surface area contributed by atoms with Crippen molar-refractivity contribution >= 4 is 5.91 Å². The fourth-order valence-electron chi connectivity index (χ4n) is 2.09. The van der Waals surface area contributed by atoms with Gasteiger partial charge in [-0.2, -0.15) is 13.2 Å². The van der Waals surface area contributed by atoms with Gasteiger partial charge in [0.05, 0.1) is 13.1 Å². The number of carbonyl (C=O) groups excluding carboxylic acids is 1. The van der Waals surface area contributed by atoms with Gasteiger partial charge in [-0.1, -0.05) is 0 Å². The number of nitrogens with one attached hydrogen (secondary N) is 2. The molecule has 3 nitrogen and oxygen atoms in total. The Hall–Kier alpha value is -0.780. The van der Waals surface area contributed by atoms with E-state index in [1.54, 1.807) is 0 Å². The first kappa shape index (κ1) is 12.7. The van der Waals surface area contributed by atoms with E-state index in [0.29, 0.717) is 11.8 Å². The fourth-order valence-corrected chi connectivity index (χ4v) is 2.09. The highest BCUT2D eigenvalue weighted by Gasteiger charge is 2.42. The third-order valence-electron chi connectivity index (χ3n) is 3.20. The van der Waals surface area contributed by atoms with Gasteiger partial charge in [-0.25, -0.2) is 0 Å². The number of amides is 1. The van der Waals surface area contributed by atoms with E-state index in [9.17, 15) is 18.0 Å². The molecular formula is C11H17F3N2O. The van der Waals surface area contributed by atoms with Crippen molar-refractivity contribution in [3.8, 4) is 0 Å². The zero-order valence-corrected chi connectivity index (χ0v) is 9.52. The zero-order chi connectivity index (χ0) is 12.5. The van der Waals surface area contributed by atoms with Crippen LogP contribution < -0.4 is 10.6 Å². The van der Waals surface area contributed by atoms with Crippen molar-refractivity contribution in [2.24, 2.45) is 11.8 Å². The van der Waals surface area contributed by atoms with Gasteiger partial charge in [0.25, 0.3) is 0 Å². The van der Waals surface area contributed by atoms with E-state index in [-0.39, 0.29) is 18.5 Å². The quantitative estimate of drug-likeness (QED) is 0.749. The van der Waals surface area contributed by atoms with Gasteiger partial charge in [0.15, 0.2) is 0 Å². The van der Waals surface area contributed by atoms with Crippen LogP contribution in [0.3, 0.4) is 0 Å². The molecule has 0 heterocycles. The van der Waals surface area contributed by atoms with Crippen molar-refractivity contribution in [3.05, 3.63) is 0 Å². The molecular weight excluding hydrogens is 233 g/mol. The first-order chi connectivity index (χ1) is 7.96. The molecule has 0 atom stereocenters. The normalized spacial score (nSPS) is 20.7. The first-order valence-electron chi connectivity index (χ1n) is 6.02. The summed E-state index contributed by atoms with van der Waals surface area (Å²) in [6, 6.07) is 0.204. The molecule has 0 unspecified atom stereocenters. The van der Waals surface area contributed by atoms with Gasteiger partial charge in [0.2, 0.25) is 5.91 Å². The molecule has 2 saturated carbocycles. The molecule has 0 bridgehead atoms. The van der Waals surface area contributed by atoms with Crippen LogP contribution in [0.1, 0.15) is 25.7 Å².